The highest BCUT2D eigenvalue weighted by molar-refractivity contribution is 5.91. The molecule has 0 aliphatic rings. The van der Waals surface area contributed by atoms with Gasteiger partial charge in [-0.05, 0) is 57.9 Å². The number of carbonyl (C=O) groups excluding carboxylic acids is 2. The lowest BCUT2D eigenvalue weighted by atomic mass is 10.1. The summed E-state index contributed by atoms with van der Waals surface area (Å²) in [5.74, 6) is -0.0713. The summed E-state index contributed by atoms with van der Waals surface area (Å²) in [6.07, 6.45) is 0.433. The minimum absolute atomic E-state index is 0.0713. The second kappa shape index (κ2) is 8.57. The molecule has 0 fully saturated rings. The molecule has 0 aromatic heterocycles. The summed E-state index contributed by atoms with van der Waals surface area (Å²) in [5, 5.41) is 5.51. The first-order valence-electron chi connectivity index (χ1n) is 8.13. The molecule has 1 rings (SSSR count). The molecular formula is C18H29N3O3. The van der Waals surface area contributed by atoms with Crippen molar-refractivity contribution in [3.8, 4) is 0 Å². The normalized spacial score (nSPS) is 10.9. The molecular weight excluding hydrogens is 306 g/mol. The lowest BCUT2D eigenvalue weighted by molar-refractivity contribution is -0.116. The number of benzene rings is 1. The van der Waals surface area contributed by atoms with E-state index in [1.54, 1.807) is 0 Å². The number of hydrogen-bond donors (Lipinski definition) is 2. The highest BCUT2D eigenvalue weighted by Gasteiger charge is 2.15. The average Bonchev–Trinajstić information content (AvgIpc) is 2.41. The molecule has 1 aromatic carbocycles. The first kappa shape index (κ1) is 19.8. The number of hydrogen-bond acceptors (Lipinski definition) is 4. The van der Waals surface area contributed by atoms with Crippen molar-refractivity contribution >= 4 is 23.4 Å². The fourth-order valence-corrected chi connectivity index (χ4v) is 2.21. The Bertz CT molecular complexity index is 577. The van der Waals surface area contributed by atoms with Gasteiger partial charge in [-0.3, -0.25) is 4.79 Å². The monoisotopic (exact) mass is 335 g/mol. The van der Waals surface area contributed by atoms with Gasteiger partial charge >= 0.3 is 6.09 Å². The van der Waals surface area contributed by atoms with Crippen LogP contribution in [-0.2, 0) is 9.53 Å². The van der Waals surface area contributed by atoms with Crippen molar-refractivity contribution in [2.75, 3.05) is 30.9 Å². The number of aryl methyl sites for hydroxylation is 1. The Balaban J connectivity index is 2.34. The molecule has 0 saturated carbocycles. The van der Waals surface area contributed by atoms with Crippen molar-refractivity contribution in [1.29, 1.82) is 0 Å². The molecule has 24 heavy (non-hydrogen) atoms. The molecule has 6 heteroatoms. The van der Waals surface area contributed by atoms with E-state index >= 15 is 0 Å². The molecule has 0 saturated heterocycles. The minimum atomic E-state index is -0.516. The van der Waals surface area contributed by atoms with E-state index in [-0.39, 0.29) is 5.91 Å². The van der Waals surface area contributed by atoms with Crippen LogP contribution < -0.4 is 15.5 Å². The smallest absolute Gasteiger partial charge is 0.407 e. The molecule has 1 aromatic rings. The second-order valence-electron chi connectivity index (χ2n) is 6.98. The molecule has 0 bridgehead atoms. The fraction of sp³-hybridized carbons (Fsp3) is 0.556. The number of carbonyl (C=O) groups is 2. The number of ether oxygens (including phenoxy) is 1. The zero-order chi connectivity index (χ0) is 18.3. The average molecular weight is 335 g/mol. The van der Waals surface area contributed by atoms with Crippen LogP contribution in [0.1, 0.15) is 39.2 Å². The lowest BCUT2D eigenvalue weighted by Crippen LogP contribution is -2.33. The van der Waals surface area contributed by atoms with E-state index in [1.165, 1.54) is 0 Å². The summed E-state index contributed by atoms with van der Waals surface area (Å²) in [6.45, 7) is 7.84. The first-order valence-corrected chi connectivity index (χ1v) is 8.13. The van der Waals surface area contributed by atoms with E-state index in [4.69, 9.17) is 4.74 Å². The zero-order valence-electron chi connectivity index (χ0n) is 15.5. The molecule has 2 N–H and O–H groups in total. The molecule has 0 aliphatic carbocycles. The molecule has 0 atom stereocenters. The number of alkyl carbamates (subject to hydrolysis) is 1. The summed E-state index contributed by atoms with van der Waals surface area (Å²) in [7, 11) is 3.97. The molecule has 6 nitrogen and oxygen atoms in total. The third-order valence-electron chi connectivity index (χ3n) is 3.21. The maximum Gasteiger partial charge on any atom is 0.407 e. The van der Waals surface area contributed by atoms with Gasteiger partial charge in [-0.2, -0.15) is 0 Å². The largest absolute Gasteiger partial charge is 0.444 e. The molecule has 0 unspecified atom stereocenters. The summed E-state index contributed by atoms with van der Waals surface area (Å²) < 4.78 is 5.13. The van der Waals surface area contributed by atoms with Crippen molar-refractivity contribution < 1.29 is 14.3 Å². The van der Waals surface area contributed by atoms with Gasteiger partial charge in [-0.25, -0.2) is 4.79 Å². The van der Waals surface area contributed by atoms with Crippen molar-refractivity contribution in [2.45, 2.75) is 46.1 Å². The second-order valence-corrected chi connectivity index (χ2v) is 6.98. The zero-order valence-corrected chi connectivity index (χ0v) is 15.5. The molecule has 134 valence electrons. The Kier molecular flexibility index (Phi) is 7.07. The van der Waals surface area contributed by atoms with Crippen molar-refractivity contribution in [3.63, 3.8) is 0 Å². The predicted octanol–water partition coefficient (Wildman–Crippen LogP) is 3.30. The third-order valence-corrected chi connectivity index (χ3v) is 3.21. The van der Waals surface area contributed by atoms with Gasteiger partial charge in [0.15, 0.2) is 0 Å². The maximum atomic E-state index is 12.0. The van der Waals surface area contributed by atoms with Crippen LogP contribution >= 0.6 is 0 Å². The predicted molar refractivity (Wildman–Crippen MR) is 97.6 cm³/mol. The quantitative estimate of drug-likeness (QED) is 0.783. The van der Waals surface area contributed by atoms with Crippen LogP contribution in [0, 0.1) is 6.92 Å². The standard InChI is InChI=1S/C18H29N3O3/c1-13-12-14(9-10-15(13)21(5)6)20-16(22)8-7-11-19-17(23)24-18(2,3)4/h9-10,12H,7-8,11H2,1-6H3,(H,19,23)(H,20,22). The van der Waals surface area contributed by atoms with E-state index in [1.807, 2.05) is 64.9 Å². The fourth-order valence-electron chi connectivity index (χ4n) is 2.21. The van der Waals surface area contributed by atoms with E-state index in [2.05, 4.69) is 10.6 Å². The minimum Gasteiger partial charge on any atom is -0.444 e. The SMILES string of the molecule is Cc1cc(NC(=O)CCCNC(=O)OC(C)(C)C)ccc1N(C)C. The maximum absolute atomic E-state index is 12.0. The van der Waals surface area contributed by atoms with Crippen LogP contribution in [-0.4, -0.2) is 38.2 Å². The Hall–Kier alpha value is -2.24. The van der Waals surface area contributed by atoms with Crippen LogP contribution in [0.2, 0.25) is 0 Å². The van der Waals surface area contributed by atoms with Gasteiger partial charge in [0, 0.05) is 38.4 Å². The first-order chi connectivity index (χ1) is 11.1. The molecule has 0 radical (unpaired) electrons. The van der Waals surface area contributed by atoms with Gasteiger partial charge in [0.05, 0.1) is 0 Å². The van der Waals surface area contributed by atoms with Gasteiger partial charge < -0.3 is 20.3 Å². The summed E-state index contributed by atoms with van der Waals surface area (Å²) in [6, 6.07) is 5.82. The Labute approximate surface area is 144 Å². The van der Waals surface area contributed by atoms with Crippen LogP contribution in [0.25, 0.3) is 0 Å². The Morgan fingerprint density at radius 3 is 2.42 bits per heavy atom. The van der Waals surface area contributed by atoms with Crippen molar-refractivity contribution in [2.24, 2.45) is 0 Å². The molecule has 0 aliphatic heterocycles. The van der Waals surface area contributed by atoms with E-state index < -0.39 is 11.7 Å². The van der Waals surface area contributed by atoms with Crippen LogP contribution in [0.4, 0.5) is 16.2 Å². The lowest BCUT2D eigenvalue weighted by Gasteiger charge is -2.19. The van der Waals surface area contributed by atoms with Gasteiger partial charge in [0.25, 0.3) is 0 Å². The van der Waals surface area contributed by atoms with E-state index in [0.717, 1.165) is 16.9 Å². The highest BCUT2D eigenvalue weighted by atomic mass is 16.6. The highest BCUT2D eigenvalue weighted by Crippen LogP contribution is 2.21. The van der Waals surface area contributed by atoms with Crippen LogP contribution in [0.3, 0.4) is 0 Å². The topological polar surface area (TPSA) is 70.7 Å². The molecule has 2 amide bonds. The number of nitrogens with one attached hydrogen (secondary N) is 2. The summed E-state index contributed by atoms with van der Waals surface area (Å²) in [4.78, 5) is 25.5. The van der Waals surface area contributed by atoms with Crippen LogP contribution in [0.5, 0.6) is 0 Å². The van der Waals surface area contributed by atoms with Gasteiger partial charge in [-0.1, -0.05) is 0 Å². The van der Waals surface area contributed by atoms with Gasteiger partial charge in [0.2, 0.25) is 5.91 Å². The van der Waals surface area contributed by atoms with Gasteiger partial charge in [0.1, 0.15) is 5.60 Å². The number of anilines is 2. The Morgan fingerprint density at radius 2 is 1.88 bits per heavy atom. The molecule has 0 spiro atoms. The van der Waals surface area contributed by atoms with E-state index in [9.17, 15) is 9.59 Å². The summed E-state index contributed by atoms with van der Waals surface area (Å²) >= 11 is 0. The third kappa shape index (κ3) is 7.35. The number of nitrogens with zero attached hydrogens (tertiary/aromatic N) is 1. The Morgan fingerprint density at radius 1 is 1.21 bits per heavy atom. The molecule has 0 heterocycles. The van der Waals surface area contributed by atoms with E-state index in [0.29, 0.717) is 19.4 Å². The van der Waals surface area contributed by atoms with Gasteiger partial charge in [-0.15, -0.1) is 0 Å². The van der Waals surface area contributed by atoms with Crippen molar-refractivity contribution in [3.05, 3.63) is 23.8 Å². The van der Waals surface area contributed by atoms with Crippen molar-refractivity contribution in [1.82, 2.24) is 5.32 Å². The number of amides is 2. The van der Waals surface area contributed by atoms with Crippen LogP contribution in [0.15, 0.2) is 18.2 Å². The number of rotatable bonds is 6. The summed E-state index contributed by atoms with van der Waals surface area (Å²) in [5.41, 5.74) is 2.49.